The summed E-state index contributed by atoms with van der Waals surface area (Å²) < 4.78 is 0. The number of hydrogen-bond acceptors (Lipinski definition) is 3. The lowest BCUT2D eigenvalue weighted by molar-refractivity contribution is 0.462. The first-order valence-electron chi connectivity index (χ1n) is 3.90. The van der Waals surface area contributed by atoms with Crippen molar-refractivity contribution in [1.82, 2.24) is 0 Å². The highest BCUT2D eigenvalue weighted by Crippen LogP contribution is 2.22. The predicted octanol–water partition coefficient (Wildman–Crippen LogP) is 1.08. The summed E-state index contributed by atoms with van der Waals surface area (Å²) in [4.78, 5) is 0. The molecule has 74 valence electrons. The van der Waals surface area contributed by atoms with Gasteiger partial charge >= 0.3 is 0 Å². The Hall–Kier alpha value is -0.770. The molecule has 0 aliphatic rings. The molecule has 1 aromatic carbocycles. The molecule has 13 heavy (non-hydrogen) atoms. The van der Waals surface area contributed by atoms with Gasteiger partial charge in [-0.15, -0.1) is 12.4 Å². The number of rotatable bonds is 2. The van der Waals surface area contributed by atoms with Crippen molar-refractivity contribution in [1.29, 1.82) is 0 Å². The van der Waals surface area contributed by atoms with Crippen LogP contribution >= 0.6 is 12.4 Å². The van der Waals surface area contributed by atoms with E-state index in [9.17, 15) is 5.11 Å². The largest absolute Gasteiger partial charge is 0.508 e. The van der Waals surface area contributed by atoms with Crippen molar-refractivity contribution in [2.75, 3.05) is 6.54 Å². The summed E-state index contributed by atoms with van der Waals surface area (Å²) in [6.07, 6.45) is 0. The van der Waals surface area contributed by atoms with Crippen LogP contribution in [0.25, 0.3) is 0 Å². The summed E-state index contributed by atoms with van der Waals surface area (Å²) in [6.45, 7) is 2.29. The maximum atomic E-state index is 9.40. The molecule has 0 fully saturated rings. The third-order valence-corrected chi connectivity index (χ3v) is 1.84. The molecule has 1 rings (SSSR count). The molecular weight excluding hydrogens is 188 g/mol. The van der Waals surface area contributed by atoms with Gasteiger partial charge in [0, 0.05) is 18.2 Å². The minimum absolute atomic E-state index is 0. The normalized spacial score (nSPS) is 11.9. The van der Waals surface area contributed by atoms with Crippen molar-refractivity contribution in [2.45, 2.75) is 13.0 Å². The van der Waals surface area contributed by atoms with Crippen LogP contribution in [0.1, 0.15) is 17.2 Å². The molecule has 0 spiro atoms. The minimum atomic E-state index is -0.273. The van der Waals surface area contributed by atoms with Gasteiger partial charge in [-0.2, -0.15) is 0 Å². The summed E-state index contributed by atoms with van der Waals surface area (Å²) in [7, 11) is 0. The lowest BCUT2D eigenvalue weighted by atomic mass is 10.0. The number of aryl methyl sites for hydroxylation is 1. The molecule has 0 heterocycles. The van der Waals surface area contributed by atoms with E-state index in [-0.39, 0.29) is 24.2 Å². The zero-order valence-electron chi connectivity index (χ0n) is 7.53. The first-order chi connectivity index (χ1) is 5.65. The van der Waals surface area contributed by atoms with Crippen LogP contribution in [0.15, 0.2) is 18.2 Å². The van der Waals surface area contributed by atoms with E-state index in [1.54, 1.807) is 6.07 Å². The number of nitrogens with two attached hydrogens (primary N) is 2. The minimum Gasteiger partial charge on any atom is -0.508 e. The topological polar surface area (TPSA) is 72.3 Å². The Morgan fingerprint density at radius 1 is 1.46 bits per heavy atom. The van der Waals surface area contributed by atoms with E-state index in [2.05, 4.69) is 0 Å². The van der Waals surface area contributed by atoms with Crippen LogP contribution in [0.3, 0.4) is 0 Å². The van der Waals surface area contributed by atoms with Crippen LogP contribution < -0.4 is 11.5 Å². The molecule has 1 aromatic rings. The second-order valence-corrected chi connectivity index (χ2v) is 2.90. The van der Waals surface area contributed by atoms with Gasteiger partial charge < -0.3 is 16.6 Å². The molecule has 0 unspecified atom stereocenters. The Morgan fingerprint density at radius 3 is 2.62 bits per heavy atom. The second kappa shape index (κ2) is 5.07. The third-order valence-electron chi connectivity index (χ3n) is 1.84. The Balaban J connectivity index is 0.00000144. The van der Waals surface area contributed by atoms with E-state index in [0.717, 1.165) is 11.1 Å². The van der Waals surface area contributed by atoms with Gasteiger partial charge in [-0.3, -0.25) is 0 Å². The highest BCUT2D eigenvalue weighted by Gasteiger charge is 2.08. The van der Waals surface area contributed by atoms with Crippen molar-refractivity contribution in [3.8, 4) is 5.75 Å². The monoisotopic (exact) mass is 202 g/mol. The lowest BCUT2D eigenvalue weighted by Crippen LogP contribution is -2.20. The van der Waals surface area contributed by atoms with Gasteiger partial charge in [0.1, 0.15) is 5.75 Å². The van der Waals surface area contributed by atoms with Crippen molar-refractivity contribution in [3.05, 3.63) is 29.3 Å². The fourth-order valence-electron chi connectivity index (χ4n) is 1.10. The molecule has 4 heteroatoms. The number of aromatic hydroxyl groups is 1. The lowest BCUT2D eigenvalue weighted by Gasteiger charge is -2.11. The van der Waals surface area contributed by atoms with Gasteiger partial charge in [0.2, 0.25) is 0 Å². The molecule has 3 nitrogen and oxygen atoms in total. The summed E-state index contributed by atoms with van der Waals surface area (Å²) in [5, 5.41) is 9.40. The number of phenolic OH excluding ortho intramolecular Hbond substituents is 1. The second-order valence-electron chi connectivity index (χ2n) is 2.90. The molecule has 0 amide bonds. The standard InChI is InChI=1S/C9H14N2O.ClH/c1-6-2-3-9(12)7(4-6)8(11)5-10;/h2-4,8,12H,5,10-11H2,1H3;1H/t8-;/m0./s1. The van der Waals surface area contributed by atoms with Gasteiger partial charge in [-0.1, -0.05) is 17.7 Å². The smallest absolute Gasteiger partial charge is 0.120 e. The molecule has 0 bridgehead atoms. The van der Waals surface area contributed by atoms with Gasteiger partial charge in [-0.25, -0.2) is 0 Å². The molecule has 5 N–H and O–H groups in total. The van der Waals surface area contributed by atoms with Gasteiger partial charge in [0.05, 0.1) is 0 Å². The predicted molar refractivity (Wildman–Crippen MR) is 56.1 cm³/mol. The molecule has 1 atom stereocenters. The number of hydrogen-bond donors (Lipinski definition) is 3. The van der Waals surface area contributed by atoms with Gasteiger partial charge in [0.25, 0.3) is 0 Å². The molecule has 0 aliphatic heterocycles. The SMILES string of the molecule is Cc1ccc(O)c([C@@H](N)CN)c1.Cl. The summed E-state index contributed by atoms with van der Waals surface area (Å²) >= 11 is 0. The molecule has 0 saturated carbocycles. The summed E-state index contributed by atoms with van der Waals surface area (Å²) in [5.41, 5.74) is 12.9. The zero-order chi connectivity index (χ0) is 9.14. The molecule has 0 saturated heterocycles. The molecule has 0 radical (unpaired) electrons. The van der Waals surface area contributed by atoms with E-state index < -0.39 is 0 Å². The Kier molecular flexibility index (Phi) is 4.77. The Bertz CT molecular complexity index is 278. The average molecular weight is 203 g/mol. The first kappa shape index (κ1) is 12.2. The highest BCUT2D eigenvalue weighted by molar-refractivity contribution is 5.85. The quantitative estimate of drug-likeness (QED) is 0.672. The van der Waals surface area contributed by atoms with E-state index in [0.29, 0.717) is 6.54 Å². The maximum Gasteiger partial charge on any atom is 0.120 e. The van der Waals surface area contributed by atoms with Crippen molar-refractivity contribution >= 4 is 12.4 Å². The number of benzene rings is 1. The highest BCUT2D eigenvalue weighted by atomic mass is 35.5. The van der Waals surface area contributed by atoms with Crippen molar-refractivity contribution < 1.29 is 5.11 Å². The Labute approximate surface area is 84.2 Å². The summed E-state index contributed by atoms with van der Waals surface area (Å²) in [6, 6.07) is 5.06. The summed E-state index contributed by atoms with van der Waals surface area (Å²) in [5.74, 6) is 0.221. The first-order valence-corrected chi connectivity index (χ1v) is 3.90. The van der Waals surface area contributed by atoms with Crippen LogP contribution in [0.2, 0.25) is 0 Å². The van der Waals surface area contributed by atoms with Crippen LogP contribution in [-0.4, -0.2) is 11.7 Å². The van der Waals surface area contributed by atoms with Gasteiger partial charge in [0.15, 0.2) is 0 Å². The molecular formula is C9H15ClN2O. The fraction of sp³-hybridized carbons (Fsp3) is 0.333. The zero-order valence-corrected chi connectivity index (χ0v) is 8.34. The van der Waals surface area contributed by atoms with E-state index >= 15 is 0 Å². The number of phenols is 1. The number of halogens is 1. The Morgan fingerprint density at radius 2 is 2.08 bits per heavy atom. The van der Waals surface area contributed by atoms with Crippen LogP contribution in [0.4, 0.5) is 0 Å². The van der Waals surface area contributed by atoms with Crippen molar-refractivity contribution in [2.24, 2.45) is 11.5 Å². The third kappa shape index (κ3) is 2.88. The van der Waals surface area contributed by atoms with E-state index in [1.807, 2.05) is 19.1 Å². The van der Waals surface area contributed by atoms with E-state index in [1.165, 1.54) is 0 Å². The average Bonchev–Trinajstić information content (AvgIpc) is 2.08. The molecule has 0 aromatic heterocycles. The van der Waals surface area contributed by atoms with Crippen LogP contribution in [0.5, 0.6) is 5.75 Å². The van der Waals surface area contributed by atoms with Crippen LogP contribution in [-0.2, 0) is 0 Å². The van der Waals surface area contributed by atoms with Gasteiger partial charge in [-0.05, 0) is 13.0 Å². The van der Waals surface area contributed by atoms with E-state index in [4.69, 9.17) is 11.5 Å². The maximum absolute atomic E-state index is 9.40. The van der Waals surface area contributed by atoms with Crippen LogP contribution in [0, 0.1) is 6.92 Å². The molecule has 0 aliphatic carbocycles. The fourth-order valence-corrected chi connectivity index (χ4v) is 1.10. The van der Waals surface area contributed by atoms with Crippen molar-refractivity contribution in [3.63, 3.8) is 0 Å².